The van der Waals surface area contributed by atoms with E-state index in [9.17, 15) is 5.11 Å². The van der Waals surface area contributed by atoms with E-state index in [1.54, 1.807) is 0 Å². The number of benzene rings is 1. The second kappa shape index (κ2) is 8.90. The lowest BCUT2D eigenvalue weighted by Gasteiger charge is -2.35. The van der Waals surface area contributed by atoms with Crippen LogP contribution in [0.1, 0.15) is 27.6 Å². The van der Waals surface area contributed by atoms with Crippen LogP contribution < -0.4 is 5.32 Å². The topological polar surface area (TPSA) is 35.5 Å². The Morgan fingerprint density at radius 2 is 1.74 bits per heavy atom. The highest BCUT2D eigenvalue weighted by atomic mass is 35.5. The third-order valence-electron chi connectivity index (χ3n) is 4.16. The smallest absolute Gasteiger partial charge is 0.121 e. The average Bonchev–Trinajstić information content (AvgIpc) is 3.00. The molecule has 1 aliphatic heterocycles. The number of hydrogen-bond acceptors (Lipinski definition) is 4. The standard InChI is InChI=1S/C17H22N2OS.2ClH/c1-12-10-14(11-13(2)17(12)20)16(15-4-3-9-21-15)19-7-5-18-6-8-19;;/h3-4,9-11,16,18,20H,5-8H2,1-2H3;2*1H/t16-;;/m1../s1. The van der Waals surface area contributed by atoms with Crippen LogP contribution in [0.4, 0.5) is 0 Å². The van der Waals surface area contributed by atoms with Gasteiger partial charge in [0, 0.05) is 31.1 Å². The van der Waals surface area contributed by atoms with Crippen LogP contribution in [0.5, 0.6) is 5.75 Å². The summed E-state index contributed by atoms with van der Waals surface area (Å²) in [5.41, 5.74) is 3.20. The van der Waals surface area contributed by atoms with Crippen molar-refractivity contribution in [1.29, 1.82) is 0 Å². The number of nitrogens with zero attached hydrogens (tertiary/aromatic N) is 1. The molecular formula is C17H24Cl2N2OS. The highest BCUT2D eigenvalue weighted by Crippen LogP contribution is 2.35. The molecule has 0 saturated carbocycles. The quantitative estimate of drug-likeness (QED) is 0.854. The molecule has 2 N–H and O–H groups in total. The van der Waals surface area contributed by atoms with Crippen LogP contribution in [-0.4, -0.2) is 36.2 Å². The summed E-state index contributed by atoms with van der Waals surface area (Å²) in [5.74, 6) is 0.420. The molecule has 1 atom stereocenters. The molecule has 1 saturated heterocycles. The fourth-order valence-corrected chi connectivity index (χ4v) is 3.97. The van der Waals surface area contributed by atoms with Gasteiger partial charge in [0.25, 0.3) is 0 Å². The Bertz CT molecular complexity index is 590. The number of aromatic hydroxyl groups is 1. The summed E-state index contributed by atoms with van der Waals surface area (Å²) in [5, 5.41) is 15.6. The number of nitrogens with one attached hydrogen (secondary N) is 1. The van der Waals surface area contributed by atoms with Crippen molar-refractivity contribution in [2.24, 2.45) is 0 Å². The molecule has 1 aliphatic rings. The number of phenols is 1. The first-order valence-electron chi connectivity index (χ1n) is 7.45. The molecule has 0 radical (unpaired) electrons. The van der Waals surface area contributed by atoms with E-state index < -0.39 is 0 Å². The van der Waals surface area contributed by atoms with Gasteiger partial charge >= 0.3 is 0 Å². The van der Waals surface area contributed by atoms with Crippen molar-refractivity contribution in [2.45, 2.75) is 19.9 Å². The molecule has 0 aliphatic carbocycles. The lowest BCUT2D eigenvalue weighted by atomic mass is 9.97. The lowest BCUT2D eigenvalue weighted by molar-refractivity contribution is 0.200. The highest BCUT2D eigenvalue weighted by molar-refractivity contribution is 7.10. The molecule has 6 heteroatoms. The number of thiophene rings is 1. The Balaban J connectivity index is 0.00000132. The Morgan fingerprint density at radius 3 is 2.26 bits per heavy atom. The molecule has 0 bridgehead atoms. The van der Waals surface area contributed by atoms with E-state index in [-0.39, 0.29) is 24.8 Å². The molecule has 128 valence electrons. The summed E-state index contributed by atoms with van der Waals surface area (Å²) in [7, 11) is 0. The lowest BCUT2D eigenvalue weighted by Crippen LogP contribution is -2.45. The predicted octanol–water partition coefficient (Wildman–Crippen LogP) is 3.91. The van der Waals surface area contributed by atoms with Crippen molar-refractivity contribution in [2.75, 3.05) is 26.2 Å². The van der Waals surface area contributed by atoms with Gasteiger partial charge in [-0.2, -0.15) is 0 Å². The van der Waals surface area contributed by atoms with E-state index >= 15 is 0 Å². The van der Waals surface area contributed by atoms with Crippen LogP contribution in [0.15, 0.2) is 29.6 Å². The fraction of sp³-hybridized carbons (Fsp3) is 0.412. The number of rotatable bonds is 3. The largest absolute Gasteiger partial charge is 0.507 e. The molecule has 0 unspecified atom stereocenters. The van der Waals surface area contributed by atoms with E-state index in [1.807, 2.05) is 25.2 Å². The van der Waals surface area contributed by atoms with Gasteiger partial charge in [0.15, 0.2) is 0 Å². The summed E-state index contributed by atoms with van der Waals surface area (Å²) in [4.78, 5) is 3.91. The van der Waals surface area contributed by atoms with Gasteiger partial charge in [-0.15, -0.1) is 36.2 Å². The zero-order chi connectivity index (χ0) is 14.8. The number of phenolic OH excluding ortho intramolecular Hbond substituents is 1. The molecule has 23 heavy (non-hydrogen) atoms. The van der Waals surface area contributed by atoms with Crippen molar-refractivity contribution >= 4 is 36.2 Å². The minimum absolute atomic E-state index is 0. The first-order valence-corrected chi connectivity index (χ1v) is 8.33. The molecule has 1 aromatic carbocycles. The van der Waals surface area contributed by atoms with Crippen LogP contribution in [0.2, 0.25) is 0 Å². The molecule has 1 aromatic heterocycles. The van der Waals surface area contributed by atoms with Gasteiger partial charge in [0.1, 0.15) is 5.75 Å². The Kier molecular flexibility index (Phi) is 7.84. The van der Waals surface area contributed by atoms with Crippen LogP contribution in [0.25, 0.3) is 0 Å². The fourth-order valence-electron chi connectivity index (χ4n) is 3.09. The summed E-state index contributed by atoms with van der Waals surface area (Å²) >= 11 is 1.81. The van der Waals surface area contributed by atoms with E-state index in [2.05, 4.69) is 39.9 Å². The van der Waals surface area contributed by atoms with Gasteiger partial charge in [0.2, 0.25) is 0 Å². The molecule has 0 amide bonds. The van der Waals surface area contributed by atoms with Gasteiger partial charge < -0.3 is 10.4 Å². The number of piperazine rings is 1. The second-order valence-corrected chi connectivity index (χ2v) is 6.69. The number of halogens is 2. The zero-order valence-corrected chi connectivity index (χ0v) is 15.9. The van der Waals surface area contributed by atoms with Crippen LogP contribution in [0.3, 0.4) is 0 Å². The van der Waals surface area contributed by atoms with Gasteiger partial charge in [-0.1, -0.05) is 18.2 Å². The molecule has 2 aromatic rings. The third kappa shape index (κ3) is 4.40. The normalized spacial score (nSPS) is 16.3. The summed E-state index contributed by atoms with van der Waals surface area (Å²) < 4.78 is 0. The first-order chi connectivity index (χ1) is 10.2. The van der Waals surface area contributed by atoms with Crippen LogP contribution >= 0.6 is 36.2 Å². The Hall–Kier alpha value is -0.780. The number of aryl methyl sites for hydroxylation is 2. The monoisotopic (exact) mass is 374 g/mol. The van der Waals surface area contributed by atoms with Crippen LogP contribution in [-0.2, 0) is 0 Å². The highest BCUT2D eigenvalue weighted by Gasteiger charge is 2.25. The first kappa shape index (κ1) is 20.3. The van der Waals surface area contributed by atoms with Crippen molar-refractivity contribution in [3.8, 4) is 5.75 Å². The van der Waals surface area contributed by atoms with E-state index in [0.29, 0.717) is 11.8 Å². The van der Waals surface area contributed by atoms with Gasteiger partial charge in [0.05, 0.1) is 6.04 Å². The SMILES string of the molecule is Cc1cc([C@H](c2cccs2)N2CCNCC2)cc(C)c1O.Cl.Cl. The molecule has 3 nitrogen and oxygen atoms in total. The van der Waals surface area contributed by atoms with Gasteiger partial charge in [-0.05, 0) is 42.0 Å². The predicted molar refractivity (Wildman–Crippen MR) is 103 cm³/mol. The second-order valence-electron chi connectivity index (χ2n) is 5.71. The molecule has 2 heterocycles. The third-order valence-corrected chi connectivity index (χ3v) is 5.08. The van der Waals surface area contributed by atoms with Crippen molar-refractivity contribution < 1.29 is 5.11 Å². The summed E-state index contributed by atoms with van der Waals surface area (Å²) in [6, 6.07) is 8.90. The molecule has 0 spiro atoms. The molecule has 3 rings (SSSR count). The molecular weight excluding hydrogens is 351 g/mol. The Morgan fingerprint density at radius 1 is 1.13 bits per heavy atom. The average molecular weight is 375 g/mol. The maximum atomic E-state index is 10.0. The van der Waals surface area contributed by atoms with Crippen molar-refractivity contribution in [3.05, 3.63) is 51.2 Å². The Labute approximate surface area is 154 Å². The maximum absolute atomic E-state index is 10.0. The minimum Gasteiger partial charge on any atom is -0.507 e. The zero-order valence-electron chi connectivity index (χ0n) is 13.4. The van der Waals surface area contributed by atoms with Gasteiger partial charge in [-0.3, -0.25) is 4.90 Å². The van der Waals surface area contributed by atoms with E-state index in [4.69, 9.17) is 0 Å². The summed E-state index contributed by atoms with van der Waals surface area (Å²) in [6.07, 6.45) is 0. The number of hydrogen-bond donors (Lipinski definition) is 2. The van der Waals surface area contributed by atoms with E-state index in [0.717, 1.165) is 37.3 Å². The van der Waals surface area contributed by atoms with Crippen LogP contribution in [0, 0.1) is 13.8 Å². The van der Waals surface area contributed by atoms with Crippen molar-refractivity contribution in [3.63, 3.8) is 0 Å². The van der Waals surface area contributed by atoms with Crippen molar-refractivity contribution in [1.82, 2.24) is 10.2 Å². The maximum Gasteiger partial charge on any atom is 0.121 e. The van der Waals surface area contributed by atoms with Gasteiger partial charge in [-0.25, -0.2) is 0 Å². The minimum atomic E-state index is 0. The molecule has 1 fully saturated rings. The van der Waals surface area contributed by atoms with E-state index in [1.165, 1.54) is 10.4 Å². The summed E-state index contributed by atoms with van der Waals surface area (Å²) in [6.45, 7) is 8.16.